The summed E-state index contributed by atoms with van der Waals surface area (Å²) in [6.45, 7) is 4.74. The van der Waals surface area contributed by atoms with Gasteiger partial charge in [0, 0.05) is 44.4 Å². The van der Waals surface area contributed by atoms with E-state index in [2.05, 4.69) is 242 Å². The summed E-state index contributed by atoms with van der Waals surface area (Å²) in [6.07, 6.45) is 0. The molecular weight excluding hydrogens is 713 g/mol. The van der Waals surface area contributed by atoms with Gasteiger partial charge < -0.3 is 9.47 Å². The highest BCUT2D eigenvalue weighted by molar-refractivity contribution is 6.11. The van der Waals surface area contributed by atoms with Crippen LogP contribution in [0.5, 0.6) is 0 Å². The Balaban J connectivity index is 1.14. The number of fused-ring (bicyclic) bond motifs is 6. The lowest BCUT2D eigenvalue weighted by molar-refractivity contribution is 0.660. The fourth-order valence-corrected chi connectivity index (χ4v) is 9.51. The third kappa shape index (κ3) is 5.71. The van der Waals surface area contributed by atoms with Crippen molar-refractivity contribution < 1.29 is 0 Å². The van der Waals surface area contributed by atoms with E-state index >= 15 is 0 Å². The molecule has 0 saturated carbocycles. The summed E-state index contributed by atoms with van der Waals surface area (Å²) >= 11 is 0. The van der Waals surface area contributed by atoms with Gasteiger partial charge in [-0.3, -0.25) is 0 Å². The van der Waals surface area contributed by atoms with Gasteiger partial charge in [0.05, 0.1) is 16.7 Å². The number of benzene rings is 9. The summed E-state index contributed by atoms with van der Waals surface area (Å²) in [5.41, 5.74) is 19.3. The number of rotatable bonds is 7. The van der Waals surface area contributed by atoms with E-state index < -0.39 is 0 Å². The Morgan fingerprint density at radius 3 is 1.59 bits per heavy atom. The van der Waals surface area contributed by atoms with Crippen molar-refractivity contribution in [3.05, 3.63) is 230 Å². The zero-order chi connectivity index (χ0) is 39.5. The van der Waals surface area contributed by atoms with Crippen LogP contribution in [0.1, 0.15) is 25.0 Å². The first-order valence-corrected chi connectivity index (χ1v) is 20.5. The van der Waals surface area contributed by atoms with Crippen LogP contribution < -0.4 is 4.90 Å². The van der Waals surface area contributed by atoms with Crippen LogP contribution in [0.25, 0.3) is 72.0 Å². The number of hydrogen-bond acceptors (Lipinski definition) is 1. The molecule has 11 rings (SSSR count). The molecule has 10 aromatic rings. The molecule has 0 unspecified atom stereocenters. The van der Waals surface area contributed by atoms with Crippen molar-refractivity contribution >= 4 is 38.9 Å². The summed E-state index contributed by atoms with van der Waals surface area (Å²) in [5, 5.41) is 2.47. The number of hydrogen-bond donors (Lipinski definition) is 0. The van der Waals surface area contributed by atoms with Gasteiger partial charge in [-0.25, -0.2) is 0 Å². The molecule has 0 saturated heterocycles. The summed E-state index contributed by atoms with van der Waals surface area (Å²) in [7, 11) is 0. The summed E-state index contributed by atoms with van der Waals surface area (Å²) in [6, 6.07) is 79.8. The largest absolute Gasteiger partial charge is 0.309 e. The average Bonchev–Trinajstić information content (AvgIpc) is 3.75. The molecule has 2 nitrogen and oxygen atoms in total. The van der Waals surface area contributed by atoms with Crippen LogP contribution >= 0.6 is 0 Å². The molecule has 0 amide bonds. The second-order valence-electron chi connectivity index (χ2n) is 16.1. The lowest BCUT2D eigenvalue weighted by atomic mass is 9.81. The van der Waals surface area contributed by atoms with Gasteiger partial charge in [0.25, 0.3) is 0 Å². The quantitative estimate of drug-likeness (QED) is 0.157. The van der Waals surface area contributed by atoms with Crippen molar-refractivity contribution in [1.82, 2.24) is 4.57 Å². The molecule has 59 heavy (non-hydrogen) atoms. The van der Waals surface area contributed by atoms with Gasteiger partial charge in [0.1, 0.15) is 0 Å². The Kier molecular flexibility index (Phi) is 8.20. The monoisotopic (exact) mass is 754 g/mol. The standard InChI is InChI=1S/C57H42N2/c1-57(2)51-24-14-12-23-49(51)55-52(57)36-35-47(56(55)58(44-20-10-5-11-21-44)45-31-26-41(27-32-45)39-16-6-3-7-17-39)43-30-37-54-50(38-43)48-22-13-15-25-53(48)59(54)46-33-28-42(29-34-46)40-18-8-4-9-19-40/h3-38H,1-2H3. The smallest absolute Gasteiger partial charge is 0.0621 e. The number of para-hydroxylation sites is 2. The van der Waals surface area contributed by atoms with Crippen LogP contribution in [0.15, 0.2) is 218 Å². The first-order valence-electron chi connectivity index (χ1n) is 20.5. The minimum absolute atomic E-state index is 0.161. The Hall–Kier alpha value is -7.42. The molecule has 0 spiro atoms. The van der Waals surface area contributed by atoms with Crippen LogP contribution in [-0.2, 0) is 5.41 Å². The van der Waals surface area contributed by atoms with Crippen molar-refractivity contribution in [2.24, 2.45) is 0 Å². The molecular formula is C57H42N2. The molecule has 0 aliphatic heterocycles. The molecule has 1 heterocycles. The predicted octanol–water partition coefficient (Wildman–Crippen LogP) is 15.6. The molecule has 1 aliphatic rings. The molecule has 0 N–H and O–H groups in total. The van der Waals surface area contributed by atoms with E-state index in [1.807, 2.05) is 0 Å². The van der Waals surface area contributed by atoms with Gasteiger partial charge in [0.2, 0.25) is 0 Å². The van der Waals surface area contributed by atoms with E-state index in [9.17, 15) is 0 Å². The minimum Gasteiger partial charge on any atom is -0.309 e. The van der Waals surface area contributed by atoms with E-state index in [1.54, 1.807) is 0 Å². The van der Waals surface area contributed by atoms with Crippen LogP contribution in [0.3, 0.4) is 0 Å². The van der Waals surface area contributed by atoms with Gasteiger partial charge in [-0.05, 0) is 99.1 Å². The Morgan fingerprint density at radius 1 is 0.373 bits per heavy atom. The summed E-state index contributed by atoms with van der Waals surface area (Å²) < 4.78 is 2.41. The van der Waals surface area contributed by atoms with Gasteiger partial charge in [-0.15, -0.1) is 0 Å². The zero-order valence-corrected chi connectivity index (χ0v) is 33.2. The fraction of sp³-hybridized carbons (Fsp3) is 0.0526. The molecule has 0 atom stereocenters. The first-order chi connectivity index (χ1) is 29.0. The third-order valence-corrected chi connectivity index (χ3v) is 12.4. The molecule has 1 aromatic heterocycles. The summed E-state index contributed by atoms with van der Waals surface area (Å²) in [4.78, 5) is 2.49. The van der Waals surface area contributed by atoms with Crippen molar-refractivity contribution in [1.29, 1.82) is 0 Å². The Bertz CT molecular complexity index is 3140. The van der Waals surface area contributed by atoms with Crippen LogP contribution in [-0.4, -0.2) is 4.57 Å². The normalized spacial score (nSPS) is 12.7. The van der Waals surface area contributed by atoms with E-state index in [0.717, 1.165) is 17.1 Å². The van der Waals surface area contributed by atoms with Crippen LogP contribution in [0, 0.1) is 0 Å². The topological polar surface area (TPSA) is 8.17 Å². The minimum atomic E-state index is -0.161. The van der Waals surface area contributed by atoms with E-state index in [1.165, 1.54) is 83.1 Å². The molecule has 9 aromatic carbocycles. The van der Waals surface area contributed by atoms with Gasteiger partial charge in [-0.1, -0.05) is 178 Å². The van der Waals surface area contributed by atoms with Gasteiger partial charge >= 0.3 is 0 Å². The second-order valence-corrected chi connectivity index (χ2v) is 16.1. The number of anilines is 3. The van der Waals surface area contributed by atoms with Crippen molar-refractivity contribution in [2.75, 3.05) is 4.90 Å². The SMILES string of the molecule is CC1(C)c2ccccc2-c2c1ccc(-c1ccc3c(c1)c1ccccc1n3-c1ccc(-c3ccccc3)cc1)c2N(c1ccccc1)c1ccc(-c2ccccc2)cc1. The molecule has 0 bridgehead atoms. The molecule has 2 heteroatoms. The molecule has 1 aliphatic carbocycles. The maximum Gasteiger partial charge on any atom is 0.0621 e. The highest BCUT2D eigenvalue weighted by Gasteiger charge is 2.39. The van der Waals surface area contributed by atoms with Crippen molar-refractivity contribution in [3.8, 4) is 50.2 Å². The van der Waals surface area contributed by atoms with E-state index in [0.29, 0.717) is 0 Å². The average molecular weight is 755 g/mol. The lowest BCUT2D eigenvalue weighted by Gasteiger charge is -2.31. The zero-order valence-electron chi connectivity index (χ0n) is 33.2. The maximum absolute atomic E-state index is 2.49. The Labute approximate surface area is 345 Å². The Morgan fingerprint density at radius 2 is 0.898 bits per heavy atom. The summed E-state index contributed by atoms with van der Waals surface area (Å²) in [5.74, 6) is 0. The maximum atomic E-state index is 2.49. The van der Waals surface area contributed by atoms with Crippen LogP contribution in [0.2, 0.25) is 0 Å². The number of nitrogens with zero attached hydrogens (tertiary/aromatic N) is 2. The van der Waals surface area contributed by atoms with Gasteiger partial charge in [-0.2, -0.15) is 0 Å². The highest BCUT2D eigenvalue weighted by Crippen LogP contribution is 2.57. The third-order valence-electron chi connectivity index (χ3n) is 12.4. The van der Waals surface area contributed by atoms with Crippen LogP contribution in [0.4, 0.5) is 17.1 Å². The first kappa shape index (κ1) is 34.8. The van der Waals surface area contributed by atoms with Crippen molar-refractivity contribution in [3.63, 3.8) is 0 Å². The van der Waals surface area contributed by atoms with E-state index in [4.69, 9.17) is 0 Å². The second kappa shape index (κ2) is 13.9. The molecule has 0 fully saturated rings. The molecule has 0 radical (unpaired) electrons. The lowest BCUT2D eigenvalue weighted by Crippen LogP contribution is -2.16. The highest BCUT2D eigenvalue weighted by atomic mass is 15.1. The fourth-order valence-electron chi connectivity index (χ4n) is 9.51. The van der Waals surface area contributed by atoms with E-state index in [-0.39, 0.29) is 5.41 Å². The van der Waals surface area contributed by atoms with Gasteiger partial charge in [0.15, 0.2) is 0 Å². The molecule has 280 valence electrons. The number of aromatic nitrogens is 1. The van der Waals surface area contributed by atoms with Crippen molar-refractivity contribution in [2.45, 2.75) is 19.3 Å². The predicted molar refractivity (Wildman–Crippen MR) is 249 cm³/mol.